The molecule has 0 saturated heterocycles. The lowest BCUT2D eigenvalue weighted by Crippen LogP contribution is -1.68. The van der Waals surface area contributed by atoms with E-state index in [1.807, 2.05) is 6.20 Å². The van der Waals surface area contributed by atoms with Crippen molar-refractivity contribution in [2.24, 2.45) is 0 Å². The molecule has 8 heavy (non-hydrogen) atoms. The molecule has 1 heteroatoms. The smallest absolute Gasteiger partial charge is 0.0657 e. The van der Waals surface area contributed by atoms with Gasteiger partial charge in [-0.2, -0.15) is 0 Å². The van der Waals surface area contributed by atoms with Crippen LogP contribution >= 0.6 is 0 Å². The second-order valence-electron chi connectivity index (χ2n) is 2.33. The van der Waals surface area contributed by atoms with Crippen LogP contribution in [0.1, 0.15) is 24.3 Å². The Morgan fingerprint density at radius 2 is 2.50 bits per heavy atom. The second-order valence-corrected chi connectivity index (χ2v) is 2.33. The van der Waals surface area contributed by atoms with Crippen molar-refractivity contribution in [1.29, 1.82) is 0 Å². The van der Waals surface area contributed by atoms with Gasteiger partial charge in [-0.3, -0.25) is 0 Å². The van der Waals surface area contributed by atoms with E-state index in [0.717, 1.165) is 5.92 Å². The molecule has 2 rings (SSSR count). The molecule has 0 atom stereocenters. The minimum atomic E-state index is 0.848. The Balaban J connectivity index is 2.28. The average molecular weight is 106 g/mol. The quantitative estimate of drug-likeness (QED) is 0.560. The molecule has 1 fully saturated rings. The van der Waals surface area contributed by atoms with Crippen LogP contribution in [0.2, 0.25) is 0 Å². The van der Waals surface area contributed by atoms with E-state index in [9.17, 15) is 0 Å². The average Bonchev–Trinajstić information content (AvgIpc) is 2.49. The maximum atomic E-state index is 3.07. The molecule has 0 aromatic carbocycles. The molecule has 1 aromatic heterocycles. The highest BCUT2D eigenvalue weighted by Crippen LogP contribution is 2.39. The van der Waals surface area contributed by atoms with Crippen LogP contribution in [0, 0.1) is 6.20 Å². The summed E-state index contributed by atoms with van der Waals surface area (Å²) in [6.45, 7) is 0. The number of hydrogen-bond acceptors (Lipinski definition) is 0. The number of hydrogen-bond donors (Lipinski definition) is 1. The van der Waals surface area contributed by atoms with Crippen LogP contribution in [-0.4, -0.2) is 4.98 Å². The second kappa shape index (κ2) is 1.38. The predicted molar refractivity (Wildman–Crippen MR) is 31.6 cm³/mol. The number of aromatic amines is 1. The van der Waals surface area contributed by atoms with Gasteiger partial charge in [0, 0.05) is 6.20 Å². The summed E-state index contributed by atoms with van der Waals surface area (Å²) in [7, 11) is 0. The van der Waals surface area contributed by atoms with E-state index in [-0.39, 0.29) is 0 Å². The van der Waals surface area contributed by atoms with E-state index in [4.69, 9.17) is 0 Å². The molecule has 1 aliphatic carbocycles. The molecule has 1 radical (unpaired) electrons. The summed E-state index contributed by atoms with van der Waals surface area (Å²) < 4.78 is 0. The van der Waals surface area contributed by atoms with Crippen LogP contribution < -0.4 is 0 Å². The van der Waals surface area contributed by atoms with Gasteiger partial charge in [0.05, 0.1) is 6.20 Å². The first-order valence-corrected chi connectivity index (χ1v) is 3.02. The van der Waals surface area contributed by atoms with E-state index in [0.29, 0.717) is 0 Å². The van der Waals surface area contributed by atoms with Crippen molar-refractivity contribution in [3.8, 4) is 0 Å². The van der Waals surface area contributed by atoms with Crippen molar-refractivity contribution >= 4 is 0 Å². The zero-order valence-electron chi connectivity index (χ0n) is 4.65. The van der Waals surface area contributed by atoms with Gasteiger partial charge in [0.1, 0.15) is 0 Å². The van der Waals surface area contributed by atoms with Gasteiger partial charge in [-0.25, -0.2) is 0 Å². The fourth-order valence-electron chi connectivity index (χ4n) is 0.931. The van der Waals surface area contributed by atoms with Gasteiger partial charge in [-0.05, 0) is 30.4 Å². The zero-order chi connectivity index (χ0) is 5.40. The van der Waals surface area contributed by atoms with Crippen LogP contribution in [0.4, 0.5) is 0 Å². The molecule has 0 amide bonds. The molecular weight excluding hydrogens is 98.1 g/mol. The van der Waals surface area contributed by atoms with Crippen molar-refractivity contribution in [3.63, 3.8) is 0 Å². The highest BCUT2D eigenvalue weighted by atomic mass is 14.6. The minimum absolute atomic E-state index is 0.848. The summed E-state index contributed by atoms with van der Waals surface area (Å²) in [5, 5.41) is 0. The first kappa shape index (κ1) is 4.19. The van der Waals surface area contributed by atoms with Crippen molar-refractivity contribution in [3.05, 3.63) is 24.0 Å². The minimum Gasteiger partial charge on any atom is -0.360 e. The molecule has 1 aliphatic rings. The molecule has 0 bridgehead atoms. The largest absolute Gasteiger partial charge is 0.360 e. The van der Waals surface area contributed by atoms with Crippen molar-refractivity contribution in [1.82, 2.24) is 4.98 Å². The topological polar surface area (TPSA) is 15.8 Å². The van der Waals surface area contributed by atoms with Gasteiger partial charge in [0.2, 0.25) is 0 Å². The number of aromatic nitrogens is 1. The lowest BCUT2D eigenvalue weighted by atomic mass is 10.2. The molecule has 0 unspecified atom stereocenters. The third-order valence-corrected chi connectivity index (χ3v) is 1.58. The van der Waals surface area contributed by atoms with Gasteiger partial charge >= 0.3 is 0 Å². The standard InChI is InChI=1S/C7H8N/c1-2-6(1)7-3-4-8-5-7/h3-4,6,8H,1-2H2. The van der Waals surface area contributed by atoms with Crippen molar-refractivity contribution in [2.75, 3.05) is 0 Å². The number of nitrogens with one attached hydrogen (secondary N) is 1. The van der Waals surface area contributed by atoms with E-state index in [1.54, 1.807) is 0 Å². The molecule has 1 saturated carbocycles. The molecule has 41 valence electrons. The summed E-state index contributed by atoms with van der Waals surface area (Å²) in [5.41, 5.74) is 1.37. The number of rotatable bonds is 1. The summed E-state index contributed by atoms with van der Waals surface area (Å²) >= 11 is 0. The normalized spacial score (nSPS) is 19.0. The molecule has 0 aliphatic heterocycles. The third kappa shape index (κ3) is 0.548. The highest BCUT2D eigenvalue weighted by Gasteiger charge is 2.23. The molecule has 1 nitrogen and oxygen atoms in total. The fraction of sp³-hybridized carbons (Fsp3) is 0.429. The van der Waals surface area contributed by atoms with E-state index in [1.165, 1.54) is 18.4 Å². The Labute approximate surface area is 48.7 Å². The summed E-state index contributed by atoms with van der Waals surface area (Å²) in [6.07, 6.45) is 7.75. The maximum absolute atomic E-state index is 3.07. The zero-order valence-corrected chi connectivity index (χ0v) is 4.65. The molecule has 1 heterocycles. The summed E-state index contributed by atoms with van der Waals surface area (Å²) in [5.74, 6) is 0.848. The van der Waals surface area contributed by atoms with Gasteiger partial charge in [-0.15, -0.1) is 0 Å². The lowest BCUT2D eigenvalue weighted by Gasteiger charge is -1.81. The van der Waals surface area contributed by atoms with Crippen LogP contribution in [0.15, 0.2) is 12.3 Å². The van der Waals surface area contributed by atoms with Crippen LogP contribution in [-0.2, 0) is 0 Å². The Morgan fingerprint density at radius 1 is 1.62 bits per heavy atom. The van der Waals surface area contributed by atoms with Gasteiger partial charge < -0.3 is 4.98 Å². The van der Waals surface area contributed by atoms with Gasteiger partial charge in [0.25, 0.3) is 0 Å². The number of H-pyrrole nitrogens is 1. The third-order valence-electron chi connectivity index (χ3n) is 1.58. The van der Waals surface area contributed by atoms with Crippen LogP contribution in [0.25, 0.3) is 0 Å². The lowest BCUT2D eigenvalue weighted by molar-refractivity contribution is 1.13. The van der Waals surface area contributed by atoms with Crippen molar-refractivity contribution in [2.45, 2.75) is 18.8 Å². The first-order chi connectivity index (χ1) is 3.97. The Kier molecular flexibility index (Phi) is 0.720. The monoisotopic (exact) mass is 106 g/mol. The Bertz CT molecular complexity index is 161. The Hall–Kier alpha value is -0.720. The fourth-order valence-corrected chi connectivity index (χ4v) is 0.931. The summed E-state index contributed by atoms with van der Waals surface area (Å²) in [6, 6.07) is 2.11. The predicted octanol–water partition coefficient (Wildman–Crippen LogP) is 1.69. The van der Waals surface area contributed by atoms with Crippen LogP contribution in [0.5, 0.6) is 0 Å². The van der Waals surface area contributed by atoms with Crippen molar-refractivity contribution < 1.29 is 0 Å². The molecular formula is C7H8N. The summed E-state index contributed by atoms with van der Waals surface area (Å²) in [4.78, 5) is 2.93. The maximum Gasteiger partial charge on any atom is 0.0657 e. The first-order valence-electron chi connectivity index (χ1n) is 3.02. The molecule has 1 N–H and O–H groups in total. The SMILES string of the molecule is [c]1[nH]ccc1C1CC1. The molecule has 0 spiro atoms. The highest BCUT2D eigenvalue weighted by molar-refractivity contribution is 5.18. The molecule has 1 aromatic rings. The van der Waals surface area contributed by atoms with E-state index in [2.05, 4.69) is 17.2 Å². The van der Waals surface area contributed by atoms with Crippen LogP contribution in [0.3, 0.4) is 0 Å². The van der Waals surface area contributed by atoms with Gasteiger partial charge in [0.15, 0.2) is 0 Å². The van der Waals surface area contributed by atoms with E-state index >= 15 is 0 Å². The van der Waals surface area contributed by atoms with E-state index < -0.39 is 0 Å². The van der Waals surface area contributed by atoms with Gasteiger partial charge in [-0.1, -0.05) is 0 Å². The Morgan fingerprint density at radius 3 is 3.00 bits per heavy atom.